The van der Waals surface area contributed by atoms with Crippen LogP contribution in [0, 0.1) is 27.7 Å². The van der Waals surface area contributed by atoms with Crippen molar-refractivity contribution in [2.24, 2.45) is 0 Å². The second-order valence-electron chi connectivity index (χ2n) is 9.63. The Hall–Kier alpha value is -3.16. The number of aryl methyl sites for hydroxylation is 4. The van der Waals surface area contributed by atoms with Crippen LogP contribution >= 0.6 is 0 Å². The zero-order valence-corrected chi connectivity index (χ0v) is 20.6. The van der Waals surface area contributed by atoms with Crippen molar-refractivity contribution in [1.82, 2.24) is 0 Å². The Labute approximate surface area is 199 Å². The molecule has 0 saturated carbocycles. The lowest BCUT2D eigenvalue weighted by Crippen LogP contribution is -2.39. The van der Waals surface area contributed by atoms with E-state index in [-0.39, 0.29) is 0 Å². The lowest BCUT2D eigenvalue weighted by Gasteiger charge is -2.42. The molecule has 0 aliphatic heterocycles. The van der Waals surface area contributed by atoms with Gasteiger partial charge in [-0.05, 0) is 63.8 Å². The van der Waals surface area contributed by atoms with Crippen molar-refractivity contribution >= 4 is 0 Å². The maximum atomic E-state index is 7.33. The average Bonchev–Trinajstić information content (AvgIpc) is 2.80. The summed E-state index contributed by atoms with van der Waals surface area (Å²) in [6.07, 6.45) is 0. The minimum Gasteiger partial charge on any atom is -0.350 e. The summed E-state index contributed by atoms with van der Waals surface area (Å²) in [5, 5.41) is 0. The molecule has 0 heterocycles. The maximum absolute atomic E-state index is 7.33. The van der Waals surface area contributed by atoms with Crippen LogP contribution in [0.2, 0.25) is 0 Å². The molecular formula is C32H34O. The van der Waals surface area contributed by atoms with Gasteiger partial charge in [-0.15, -0.1) is 0 Å². The van der Waals surface area contributed by atoms with E-state index in [1.165, 1.54) is 22.3 Å². The molecule has 168 valence electrons. The first-order chi connectivity index (χ1) is 15.7. The lowest BCUT2D eigenvalue weighted by molar-refractivity contribution is -0.107. The summed E-state index contributed by atoms with van der Waals surface area (Å²) in [6, 6.07) is 34.9. The molecule has 0 aliphatic carbocycles. The van der Waals surface area contributed by atoms with Crippen molar-refractivity contribution in [2.45, 2.75) is 52.7 Å². The third kappa shape index (κ3) is 4.65. The summed E-state index contributed by atoms with van der Waals surface area (Å²) in [5.41, 5.74) is 8.23. The van der Waals surface area contributed by atoms with Gasteiger partial charge in [0.25, 0.3) is 0 Å². The number of rotatable bonds is 6. The van der Waals surface area contributed by atoms with E-state index in [1.54, 1.807) is 0 Å². The van der Waals surface area contributed by atoms with E-state index in [0.29, 0.717) is 0 Å². The van der Waals surface area contributed by atoms with Crippen LogP contribution in [0.25, 0.3) is 0 Å². The first kappa shape index (κ1) is 23.0. The third-order valence-electron chi connectivity index (χ3n) is 6.82. The van der Waals surface area contributed by atoms with Crippen LogP contribution in [-0.2, 0) is 15.9 Å². The molecule has 0 saturated heterocycles. The van der Waals surface area contributed by atoms with Gasteiger partial charge in [0.05, 0.1) is 0 Å². The predicted molar refractivity (Wildman–Crippen MR) is 139 cm³/mol. The second kappa shape index (κ2) is 9.00. The lowest BCUT2D eigenvalue weighted by atomic mass is 9.82. The van der Waals surface area contributed by atoms with E-state index in [9.17, 15) is 0 Å². The monoisotopic (exact) mass is 434 g/mol. The molecule has 0 bridgehead atoms. The van der Waals surface area contributed by atoms with Gasteiger partial charge in [0, 0.05) is 0 Å². The van der Waals surface area contributed by atoms with Crippen LogP contribution in [0.1, 0.15) is 58.4 Å². The van der Waals surface area contributed by atoms with Gasteiger partial charge in [-0.1, -0.05) is 119 Å². The molecule has 33 heavy (non-hydrogen) atoms. The SMILES string of the molecule is Cc1ccc(C(C)(OC(C)(c2ccc(C)cc2)c2ccc(C)cc2)c2ccc(C)cc2)cc1. The molecular weight excluding hydrogens is 400 g/mol. The van der Waals surface area contributed by atoms with Gasteiger partial charge in [0.1, 0.15) is 11.2 Å². The zero-order chi connectivity index (χ0) is 23.6. The number of hydrogen-bond donors (Lipinski definition) is 0. The smallest absolute Gasteiger partial charge is 0.117 e. The summed E-state index contributed by atoms with van der Waals surface area (Å²) in [4.78, 5) is 0. The second-order valence-corrected chi connectivity index (χ2v) is 9.63. The predicted octanol–water partition coefficient (Wildman–Crippen LogP) is 8.16. The van der Waals surface area contributed by atoms with Crippen LogP contribution in [-0.4, -0.2) is 0 Å². The van der Waals surface area contributed by atoms with E-state index >= 15 is 0 Å². The zero-order valence-electron chi connectivity index (χ0n) is 20.6. The molecule has 0 fully saturated rings. The molecule has 0 atom stereocenters. The average molecular weight is 435 g/mol. The van der Waals surface area contributed by atoms with Crippen LogP contribution < -0.4 is 0 Å². The van der Waals surface area contributed by atoms with Crippen LogP contribution in [0.5, 0.6) is 0 Å². The number of benzene rings is 4. The Kier molecular flexibility index (Phi) is 6.28. The van der Waals surface area contributed by atoms with E-state index in [2.05, 4.69) is 139 Å². The van der Waals surface area contributed by atoms with Crippen molar-refractivity contribution in [3.05, 3.63) is 142 Å². The van der Waals surface area contributed by atoms with E-state index in [4.69, 9.17) is 4.74 Å². The molecule has 0 amide bonds. The Morgan fingerprint density at radius 1 is 0.364 bits per heavy atom. The maximum Gasteiger partial charge on any atom is 0.117 e. The quantitative estimate of drug-likeness (QED) is 0.297. The fourth-order valence-corrected chi connectivity index (χ4v) is 4.46. The van der Waals surface area contributed by atoms with Gasteiger partial charge in [0.15, 0.2) is 0 Å². The van der Waals surface area contributed by atoms with Crippen LogP contribution in [0.15, 0.2) is 97.1 Å². The van der Waals surface area contributed by atoms with Gasteiger partial charge in [-0.2, -0.15) is 0 Å². The van der Waals surface area contributed by atoms with Gasteiger partial charge < -0.3 is 4.74 Å². The minimum atomic E-state index is -0.647. The van der Waals surface area contributed by atoms with Gasteiger partial charge in [-0.25, -0.2) is 0 Å². The molecule has 1 heteroatoms. The van der Waals surface area contributed by atoms with Gasteiger partial charge in [0.2, 0.25) is 0 Å². The van der Waals surface area contributed by atoms with E-state index < -0.39 is 11.2 Å². The fourth-order valence-electron chi connectivity index (χ4n) is 4.46. The summed E-state index contributed by atoms with van der Waals surface area (Å²) in [6.45, 7) is 12.9. The van der Waals surface area contributed by atoms with Crippen LogP contribution in [0.3, 0.4) is 0 Å². The third-order valence-corrected chi connectivity index (χ3v) is 6.82. The molecule has 0 unspecified atom stereocenters. The van der Waals surface area contributed by atoms with Crippen molar-refractivity contribution in [2.75, 3.05) is 0 Å². The Balaban J connectivity index is 1.92. The summed E-state index contributed by atoms with van der Waals surface area (Å²) < 4.78 is 7.33. The molecule has 4 rings (SSSR count). The summed E-state index contributed by atoms with van der Waals surface area (Å²) >= 11 is 0. The molecule has 4 aromatic rings. The van der Waals surface area contributed by atoms with Gasteiger partial charge in [-0.3, -0.25) is 0 Å². The fraction of sp³-hybridized carbons (Fsp3) is 0.250. The van der Waals surface area contributed by atoms with Gasteiger partial charge >= 0.3 is 0 Å². The Morgan fingerprint density at radius 3 is 0.727 bits per heavy atom. The minimum absolute atomic E-state index is 0.647. The Morgan fingerprint density at radius 2 is 0.545 bits per heavy atom. The highest BCUT2D eigenvalue weighted by Crippen LogP contribution is 2.44. The number of hydrogen-bond acceptors (Lipinski definition) is 1. The number of ether oxygens (including phenoxy) is 1. The highest BCUT2D eigenvalue weighted by Gasteiger charge is 2.41. The van der Waals surface area contributed by atoms with Crippen molar-refractivity contribution in [1.29, 1.82) is 0 Å². The van der Waals surface area contributed by atoms with Crippen molar-refractivity contribution in [3.63, 3.8) is 0 Å². The molecule has 0 N–H and O–H groups in total. The molecule has 0 spiro atoms. The highest BCUT2D eigenvalue weighted by molar-refractivity contribution is 5.42. The largest absolute Gasteiger partial charge is 0.350 e. The summed E-state index contributed by atoms with van der Waals surface area (Å²) in [5.74, 6) is 0. The first-order valence-corrected chi connectivity index (χ1v) is 11.7. The Bertz CT molecular complexity index is 1010. The first-order valence-electron chi connectivity index (χ1n) is 11.7. The van der Waals surface area contributed by atoms with E-state index in [1.807, 2.05) is 0 Å². The van der Waals surface area contributed by atoms with Crippen molar-refractivity contribution in [3.8, 4) is 0 Å². The highest BCUT2D eigenvalue weighted by atomic mass is 16.5. The molecule has 4 aromatic carbocycles. The molecule has 0 radical (unpaired) electrons. The van der Waals surface area contributed by atoms with Crippen LogP contribution in [0.4, 0.5) is 0 Å². The topological polar surface area (TPSA) is 9.23 Å². The summed E-state index contributed by atoms with van der Waals surface area (Å²) in [7, 11) is 0. The van der Waals surface area contributed by atoms with E-state index in [0.717, 1.165) is 22.3 Å². The molecule has 0 aromatic heterocycles. The molecule has 0 aliphatic rings. The normalized spacial score (nSPS) is 12.1. The molecule has 1 nitrogen and oxygen atoms in total. The standard InChI is InChI=1S/C32H34O/c1-23-7-15-27(16-8-23)31(5,28-17-9-24(2)10-18-28)33-32(6,29-19-11-25(3)12-20-29)30-21-13-26(4)14-22-30/h7-22H,1-6H3. The van der Waals surface area contributed by atoms with Crippen molar-refractivity contribution < 1.29 is 4.74 Å².